The molecule has 3 aromatic rings. The van der Waals surface area contributed by atoms with E-state index in [4.69, 9.17) is 0 Å². The number of rotatable bonds is 6. The second-order valence-electron chi connectivity index (χ2n) is 5.73. The van der Waals surface area contributed by atoms with Crippen LogP contribution in [0.3, 0.4) is 0 Å². The lowest BCUT2D eigenvalue weighted by Crippen LogP contribution is -2.14. The fraction of sp³-hybridized carbons (Fsp3) is 0.0526. The Bertz CT molecular complexity index is 1020. The van der Waals surface area contributed by atoms with Crippen LogP contribution in [0.4, 0.5) is 22.9 Å². The summed E-state index contributed by atoms with van der Waals surface area (Å²) in [5, 5.41) is 5.76. The van der Waals surface area contributed by atoms with Crippen molar-refractivity contribution in [3.8, 4) is 0 Å². The monoisotopic (exact) mass is 382 g/mol. The van der Waals surface area contributed by atoms with Gasteiger partial charge in [0.2, 0.25) is 5.91 Å². The summed E-state index contributed by atoms with van der Waals surface area (Å²) in [5.41, 5.74) is 2.17. The van der Waals surface area contributed by atoms with Gasteiger partial charge in [-0.05, 0) is 48.5 Å². The minimum absolute atomic E-state index is 0.0740. The highest BCUT2D eigenvalue weighted by Gasteiger charge is 2.14. The van der Waals surface area contributed by atoms with Crippen molar-refractivity contribution in [2.45, 2.75) is 11.8 Å². The summed E-state index contributed by atoms with van der Waals surface area (Å²) < 4.78 is 27.3. The molecule has 2 aromatic carbocycles. The van der Waals surface area contributed by atoms with Crippen molar-refractivity contribution in [2.24, 2.45) is 0 Å². The molecule has 27 heavy (non-hydrogen) atoms. The van der Waals surface area contributed by atoms with Crippen molar-refractivity contribution >= 4 is 38.8 Å². The molecule has 3 rings (SSSR count). The Balaban J connectivity index is 1.69. The lowest BCUT2D eigenvalue weighted by atomic mass is 10.3. The molecule has 138 valence electrons. The number of benzene rings is 2. The Hall–Kier alpha value is -3.39. The van der Waals surface area contributed by atoms with Crippen LogP contribution < -0.4 is 15.4 Å². The van der Waals surface area contributed by atoms with E-state index in [1.165, 1.54) is 31.2 Å². The number of pyridine rings is 1. The number of carbonyl (C=O) groups is 1. The van der Waals surface area contributed by atoms with Crippen molar-refractivity contribution in [3.63, 3.8) is 0 Å². The standard InChI is InChI=1S/C19H18N4O3S/c1-14(24)21-16-7-10-18(11-8-16)27(25,26)23-19-12-9-17(13-20-19)22-15-5-3-2-4-6-15/h2-13,22H,1H3,(H,20,23)(H,21,24). The van der Waals surface area contributed by atoms with Crippen LogP contribution in [-0.4, -0.2) is 19.3 Å². The van der Waals surface area contributed by atoms with E-state index in [1.807, 2.05) is 30.3 Å². The van der Waals surface area contributed by atoms with Crippen LogP contribution in [0.25, 0.3) is 0 Å². The van der Waals surface area contributed by atoms with Gasteiger partial charge < -0.3 is 10.6 Å². The van der Waals surface area contributed by atoms with Crippen molar-refractivity contribution in [1.82, 2.24) is 4.98 Å². The van der Waals surface area contributed by atoms with Crippen molar-refractivity contribution in [3.05, 3.63) is 72.9 Å². The first-order valence-corrected chi connectivity index (χ1v) is 9.59. The summed E-state index contributed by atoms with van der Waals surface area (Å²) in [5.74, 6) is -0.0170. The van der Waals surface area contributed by atoms with E-state index in [1.54, 1.807) is 18.3 Å². The van der Waals surface area contributed by atoms with Crippen LogP contribution in [0, 0.1) is 0 Å². The summed E-state index contributed by atoms with van der Waals surface area (Å²) in [7, 11) is -3.78. The molecule has 0 saturated heterocycles. The van der Waals surface area contributed by atoms with Crippen molar-refractivity contribution < 1.29 is 13.2 Å². The molecule has 0 aliphatic carbocycles. The van der Waals surface area contributed by atoms with Crippen LogP contribution in [0.5, 0.6) is 0 Å². The van der Waals surface area contributed by atoms with Gasteiger partial charge in [0.05, 0.1) is 16.8 Å². The van der Waals surface area contributed by atoms with Gasteiger partial charge in [0.15, 0.2) is 0 Å². The summed E-state index contributed by atoms with van der Waals surface area (Å²) in [4.78, 5) is 15.2. The molecule has 0 spiro atoms. The molecule has 1 heterocycles. The quantitative estimate of drug-likeness (QED) is 0.605. The topological polar surface area (TPSA) is 100 Å². The van der Waals surface area contributed by atoms with E-state index in [0.29, 0.717) is 5.69 Å². The van der Waals surface area contributed by atoms with Gasteiger partial charge in [-0.1, -0.05) is 18.2 Å². The molecule has 0 radical (unpaired) electrons. The SMILES string of the molecule is CC(=O)Nc1ccc(S(=O)(=O)Nc2ccc(Nc3ccccc3)cn2)cc1. The van der Waals surface area contributed by atoms with E-state index in [0.717, 1.165) is 11.4 Å². The zero-order valence-corrected chi connectivity index (χ0v) is 15.3. The third-order valence-corrected chi connectivity index (χ3v) is 4.92. The summed E-state index contributed by atoms with van der Waals surface area (Å²) in [6.45, 7) is 1.38. The first-order chi connectivity index (χ1) is 12.9. The van der Waals surface area contributed by atoms with Gasteiger partial charge in [0.1, 0.15) is 5.82 Å². The number of sulfonamides is 1. The summed E-state index contributed by atoms with van der Waals surface area (Å²) in [6.07, 6.45) is 1.55. The number of nitrogens with zero attached hydrogens (tertiary/aromatic N) is 1. The highest BCUT2D eigenvalue weighted by atomic mass is 32.2. The number of hydrogen-bond donors (Lipinski definition) is 3. The maximum atomic E-state index is 12.5. The molecule has 0 aliphatic rings. The van der Waals surface area contributed by atoms with Crippen LogP contribution in [-0.2, 0) is 14.8 Å². The van der Waals surface area contributed by atoms with E-state index < -0.39 is 10.0 Å². The van der Waals surface area contributed by atoms with Crippen LogP contribution >= 0.6 is 0 Å². The first-order valence-electron chi connectivity index (χ1n) is 8.11. The van der Waals surface area contributed by atoms with Gasteiger partial charge in [-0.15, -0.1) is 0 Å². The number of aromatic nitrogens is 1. The maximum absolute atomic E-state index is 12.5. The van der Waals surface area contributed by atoms with E-state index >= 15 is 0 Å². The molecule has 0 aliphatic heterocycles. The number of amides is 1. The van der Waals surface area contributed by atoms with Crippen LogP contribution in [0.15, 0.2) is 77.8 Å². The van der Waals surface area contributed by atoms with E-state index in [-0.39, 0.29) is 16.6 Å². The molecular formula is C19H18N4O3S. The van der Waals surface area contributed by atoms with Gasteiger partial charge in [-0.25, -0.2) is 13.4 Å². The normalized spacial score (nSPS) is 10.9. The molecule has 7 nitrogen and oxygen atoms in total. The molecule has 8 heteroatoms. The molecule has 0 fully saturated rings. The minimum Gasteiger partial charge on any atom is -0.354 e. The molecule has 0 unspecified atom stereocenters. The molecular weight excluding hydrogens is 364 g/mol. The average molecular weight is 382 g/mol. The van der Waals surface area contributed by atoms with Crippen molar-refractivity contribution in [1.29, 1.82) is 0 Å². The number of anilines is 4. The Morgan fingerprint density at radius 1 is 0.852 bits per heavy atom. The molecule has 0 saturated carbocycles. The first kappa shape index (κ1) is 18.4. The third kappa shape index (κ3) is 5.05. The molecule has 0 atom stereocenters. The van der Waals surface area contributed by atoms with E-state index in [2.05, 4.69) is 20.3 Å². The van der Waals surface area contributed by atoms with E-state index in [9.17, 15) is 13.2 Å². The lowest BCUT2D eigenvalue weighted by molar-refractivity contribution is -0.114. The predicted octanol–water partition coefficient (Wildman–Crippen LogP) is 3.58. The van der Waals surface area contributed by atoms with Crippen LogP contribution in [0.2, 0.25) is 0 Å². The highest BCUT2D eigenvalue weighted by molar-refractivity contribution is 7.92. The second-order valence-corrected chi connectivity index (χ2v) is 7.42. The van der Waals surface area contributed by atoms with Gasteiger partial charge in [-0.2, -0.15) is 0 Å². The molecule has 1 amide bonds. The van der Waals surface area contributed by atoms with Crippen molar-refractivity contribution in [2.75, 3.05) is 15.4 Å². The zero-order chi connectivity index (χ0) is 19.3. The molecule has 0 bridgehead atoms. The Labute approximate surface area is 157 Å². The second kappa shape index (κ2) is 7.88. The molecule has 3 N–H and O–H groups in total. The number of carbonyl (C=O) groups excluding carboxylic acids is 1. The van der Waals surface area contributed by atoms with Gasteiger partial charge in [0.25, 0.3) is 10.0 Å². The fourth-order valence-electron chi connectivity index (χ4n) is 2.33. The highest BCUT2D eigenvalue weighted by Crippen LogP contribution is 2.20. The number of para-hydroxylation sites is 1. The van der Waals surface area contributed by atoms with Gasteiger partial charge in [0, 0.05) is 18.3 Å². The Morgan fingerprint density at radius 3 is 2.11 bits per heavy atom. The largest absolute Gasteiger partial charge is 0.354 e. The predicted molar refractivity (Wildman–Crippen MR) is 106 cm³/mol. The van der Waals surface area contributed by atoms with Gasteiger partial charge >= 0.3 is 0 Å². The summed E-state index contributed by atoms with van der Waals surface area (Å²) in [6, 6.07) is 18.8. The smallest absolute Gasteiger partial charge is 0.263 e. The number of nitrogens with one attached hydrogen (secondary N) is 3. The Morgan fingerprint density at radius 2 is 1.52 bits per heavy atom. The zero-order valence-electron chi connectivity index (χ0n) is 14.5. The Kier molecular flexibility index (Phi) is 5.37. The third-order valence-electron chi connectivity index (χ3n) is 3.55. The molecule has 1 aromatic heterocycles. The van der Waals surface area contributed by atoms with Gasteiger partial charge in [-0.3, -0.25) is 9.52 Å². The lowest BCUT2D eigenvalue weighted by Gasteiger charge is -2.10. The fourth-order valence-corrected chi connectivity index (χ4v) is 3.34. The number of hydrogen-bond acceptors (Lipinski definition) is 5. The van der Waals surface area contributed by atoms with Crippen LogP contribution in [0.1, 0.15) is 6.92 Å². The average Bonchev–Trinajstić information content (AvgIpc) is 2.64. The maximum Gasteiger partial charge on any atom is 0.263 e. The minimum atomic E-state index is -3.78. The summed E-state index contributed by atoms with van der Waals surface area (Å²) >= 11 is 0.